The van der Waals surface area contributed by atoms with Crippen molar-refractivity contribution >= 4 is 5.91 Å². The number of piperidine rings is 1. The molecule has 2 aliphatic rings. The minimum absolute atomic E-state index is 0.0448. The third-order valence-corrected chi connectivity index (χ3v) is 4.81. The Bertz CT molecular complexity index is 740. The predicted molar refractivity (Wildman–Crippen MR) is 86.2 cm³/mol. The fourth-order valence-electron chi connectivity index (χ4n) is 3.33. The molecule has 1 aliphatic heterocycles. The molecule has 126 valence electrons. The number of benzene rings is 1. The number of carbonyl (C=O) groups excluding carboxylic acids is 1. The van der Waals surface area contributed by atoms with Gasteiger partial charge >= 0.3 is 0 Å². The van der Waals surface area contributed by atoms with E-state index >= 15 is 0 Å². The second-order valence-corrected chi connectivity index (χ2v) is 6.54. The molecule has 0 spiro atoms. The van der Waals surface area contributed by atoms with Gasteiger partial charge in [0.05, 0.1) is 12.2 Å². The molecule has 1 aromatic carbocycles. The molecule has 2 atom stereocenters. The van der Waals surface area contributed by atoms with Crippen LogP contribution in [-0.4, -0.2) is 40.0 Å². The zero-order valence-electron chi connectivity index (χ0n) is 13.3. The molecule has 0 radical (unpaired) electrons. The van der Waals surface area contributed by atoms with Crippen molar-refractivity contribution in [2.45, 2.75) is 37.3 Å². The average Bonchev–Trinajstić information content (AvgIpc) is 3.18. The normalized spacial score (nSPS) is 23.9. The number of carbonyl (C=O) groups is 1. The molecule has 6 nitrogen and oxygen atoms in total. The van der Waals surface area contributed by atoms with Crippen LogP contribution in [0.2, 0.25) is 0 Å². The van der Waals surface area contributed by atoms with Gasteiger partial charge in [0.25, 0.3) is 5.91 Å². The highest BCUT2D eigenvalue weighted by molar-refractivity contribution is 5.92. The Balaban J connectivity index is 1.36. The Morgan fingerprint density at radius 3 is 2.96 bits per heavy atom. The van der Waals surface area contributed by atoms with Gasteiger partial charge in [0.15, 0.2) is 5.69 Å². The van der Waals surface area contributed by atoms with Gasteiger partial charge in [-0.2, -0.15) is 0 Å². The lowest BCUT2D eigenvalue weighted by Gasteiger charge is -2.22. The van der Waals surface area contributed by atoms with Gasteiger partial charge in [-0.15, -0.1) is 5.10 Å². The third kappa shape index (κ3) is 3.17. The van der Waals surface area contributed by atoms with E-state index in [-0.39, 0.29) is 23.7 Å². The molecule has 2 heterocycles. The van der Waals surface area contributed by atoms with Crippen LogP contribution in [-0.2, 0) is 0 Å². The predicted octanol–water partition coefficient (Wildman–Crippen LogP) is 1.63. The number of hydrogen-bond acceptors (Lipinski definition) is 4. The van der Waals surface area contributed by atoms with Crippen LogP contribution in [0.25, 0.3) is 0 Å². The molecule has 1 saturated carbocycles. The first-order valence-electron chi connectivity index (χ1n) is 8.39. The molecule has 7 heteroatoms. The van der Waals surface area contributed by atoms with E-state index in [1.165, 1.54) is 12.1 Å². The number of nitrogens with one attached hydrogen (secondary N) is 2. The van der Waals surface area contributed by atoms with Gasteiger partial charge in [-0.1, -0.05) is 17.3 Å². The number of nitrogens with zero attached hydrogens (tertiary/aromatic N) is 3. The van der Waals surface area contributed by atoms with Gasteiger partial charge in [-0.3, -0.25) is 4.79 Å². The van der Waals surface area contributed by atoms with Crippen molar-refractivity contribution in [1.82, 2.24) is 25.6 Å². The highest BCUT2D eigenvalue weighted by Crippen LogP contribution is 2.41. The minimum atomic E-state index is -0.241. The molecule has 2 unspecified atom stereocenters. The molecule has 24 heavy (non-hydrogen) atoms. The van der Waals surface area contributed by atoms with E-state index < -0.39 is 0 Å². The largest absolute Gasteiger partial charge is 0.347 e. The number of rotatable bonds is 4. The average molecular weight is 329 g/mol. The lowest BCUT2D eigenvalue weighted by molar-refractivity contribution is 0.0945. The van der Waals surface area contributed by atoms with Crippen LogP contribution in [0.3, 0.4) is 0 Å². The summed E-state index contributed by atoms with van der Waals surface area (Å²) in [6.07, 6.45) is 4.55. The maximum Gasteiger partial charge on any atom is 0.273 e. The summed E-state index contributed by atoms with van der Waals surface area (Å²) in [6.45, 7) is 1.92. The topological polar surface area (TPSA) is 71.8 Å². The Kier molecular flexibility index (Phi) is 4.02. The number of halogens is 1. The van der Waals surface area contributed by atoms with Gasteiger partial charge in [0, 0.05) is 12.0 Å². The standard InChI is InChI=1S/C17H20FN5O/c18-12-3-1-2-11(8-12)14-9-15(14)20-17(24)16-10-23(22-21-16)13-4-6-19-7-5-13/h1-3,8,10,13-15,19H,4-7,9H2,(H,20,24). The quantitative estimate of drug-likeness (QED) is 0.894. The van der Waals surface area contributed by atoms with E-state index in [1.807, 2.05) is 6.07 Å². The monoisotopic (exact) mass is 329 g/mol. The lowest BCUT2D eigenvalue weighted by Crippen LogP contribution is -2.29. The van der Waals surface area contributed by atoms with Crippen molar-refractivity contribution in [2.75, 3.05) is 13.1 Å². The molecule has 1 amide bonds. The third-order valence-electron chi connectivity index (χ3n) is 4.81. The van der Waals surface area contributed by atoms with Crippen molar-refractivity contribution < 1.29 is 9.18 Å². The zero-order valence-corrected chi connectivity index (χ0v) is 13.3. The number of aromatic nitrogens is 3. The molecular formula is C17H20FN5O. The zero-order chi connectivity index (χ0) is 16.5. The van der Waals surface area contributed by atoms with Crippen molar-refractivity contribution in [3.8, 4) is 0 Å². The van der Waals surface area contributed by atoms with Crippen molar-refractivity contribution in [3.05, 3.63) is 47.5 Å². The summed E-state index contributed by atoms with van der Waals surface area (Å²) in [7, 11) is 0. The van der Waals surface area contributed by atoms with Crippen LogP contribution >= 0.6 is 0 Å². The van der Waals surface area contributed by atoms with Crippen molar-refractivity contribution in [3.63, 3.8) is 0 Å². The first-order chi connectivity index (χ1) is 11.7. The van der Waals surface area contributed by atoms with Gasteiger partial charge < -0.3 is 10.6 Å². The van der Waals surface area contributed by atoms with Gasteiger partial charge in [0.1, 0.15) is 5.82 Å². The van der Waals surface area contributed by atoms with Gasteiger partial charge in [-0.25, -0.2) is 9.07 Å². The molecule has 1 aromatic heterocycles. The summed E-state index contributed by atoms with van der Waals surface area (Å²) in [4.78, 5) is 12.3. The summed E-state index contributed by atoms with van der Waals surface area (Å²) >= 11 is 0. The van der Waals surface area contributed by atoms with Crippen LogP contribution < -0.4 is 10.6 Å². The Labute approximate surface area is 139 Å². The SMILES string of the molecule is O=C(NC1CC1c1cccc(F)c1)c1cn(C2CCNCC2)nn1. The first kappa shape index (κ1) is 15.3. The molecule has 2 N–H and O–H groups in total. The summed E-state index contributed by atoms with van der Waals surface area (Å²) < 4.78 is 15.1. The Morgan fingerprint density at radius 1 is 1.33 bits per heavy atom. The number of hydrogen-bond donors (Lipinski definition) is 2. The van der Waals surface area contributed by atoms with Crippen LogP contribution in [0.1, 0.15) is 47.3 Å². The van der Waals surface area contributed by atoms with Gasteiger partial charge in [0.2, 0.25) is 0 Å². The van der Waals surface area contributed by atoms with Crippen LogP contribution in [0.15, 0.2) is 30.5 Å². The Hall–Kier alpha value is -2.28. The van der Waals surface area contributed by atoms with E-state index in [0.717, 1.165) is 37.9 Å². The van der Waals surface area contributed by atoms with Crippen molar-refractivity contribution in [2.24, 2.45) is 0 Å². The fourth-order valence-corrected chi connectivity index (χ4v) is 3.33. The Morgan fingerprint density at radius 2 is 2.17 bits per heavy atom. The molecule has 1 aliphatic carbocycles. The fraction of sp³-hybridized carbons (Fsp3) is 0.471. The highest BCUT2D eigenvalue weighted by atomic mass is 19.1. The molecule has 0 bridgehead atoms. The van der Waals surface area contributed by atoms with Crippen LogP contribution in [0, 0.1) is 5.82 Å². The summed E-state index contributed by atoms with van der Waals surface area (Å²) in [5.41, 5.74) is 1.28. The molecule has 2 fully saturated rings. The van der Waals surface area contributed by atoms with Crippen molar-refractivity contribution in [1.29, 1.82) is 0 Å². The summed E-state index contributed by atoms with van der Waals surface area (Å²) in [5.74, 6) is -0.266. The summed E-state index contributed by atoms with van der Waals surface area (Å²) in [6, 6.07) is 6.91. The van der Waals surface area contributed by atoms with E-state index in [4.69, 9.17) is 0 Å². The van der Waals surface area contributed by atoms with E-state index in [9.17, 15) is 9.18 Å². The van der Waals surface area contributed by atoms with Crippen LogP contribution in [0.4, 0.5) is 4.39 Å². The highest BCUT2D eigenvalue weighted by Gasteiger charge is 2.40. The maximum absolute atomic E-state index is 13.3. The van der Waals surface area contributed by atoms with E-state index in [1.54, 1.807) is 16.9 Å². The molecule has 1 saturated heterocycles. The summed E-state index contributed by atoms with van der Waals surface area (Å²) in [5, 5.41) is 14.4. The molecule has 2 aromatic rings. The van der Waals surface area contributed by atoms with E-state index in [2.05, 4.69) is 20.9 Å². The second kappa shape index (κ2) is 6.32. The van der Waals surface area contributed by atoms with Crippen LogP contribution in [0.5, 0.6) is 0 Å². The van der Waals surface area contributed by atoms with Gasteiger partial charge in [-0.05, 0) is 50.0 Å². The molecular weight excluding hydrogens is 309 g/mol. The van der Waals surface area contributed by atoms with E-state index in [0.29, 0.717) is 11.7 Å². The first-order valence-corrected chi connectivity index (χ1v) is 8.39. The minimum Gasteiger partial charge on any atom is -0.347 e. The smallest absolute Gasteiger partial charge is 0.273 e. The maximum atomic E-state index is 13.3. The number of amides is 1. The molecule has 4 rings (SSSR count). The second-order valence-electron chi connectivity index (χ2n) is 6.54. The lowest BCUT2D eigenvalue weighted by atomic mass is 10.1.